The van der Waals surface area contributed by atoms with Crippen LogP contribution in [-0.4, -0.2) is 42.0 Å². The number of carbonyl (C=O) groups excluding carboxylic acids is 2. The Morgan fingerprint density at radius 1 is 1.24 bits per heavy atom. The molecule has 1 aliphatic heterocycles. The first-order valence-corrected chi connectivity index (χ1v) is 7.23. The topological polar surface area (TPSA) is 58.6 Å². The first-order chi connectivity index (χ1) is 9.98. The Balaban J connectivity index is 2.24. The van der Waals surface area contributed by atoms with E-state index in [0.717, 1.165) is 5.56 Å². The van der Waals surface area contributed by atoms with Gasteiger partial charge in [0, 0.05) is 13.2 Å². The zero-order chi connectivity index (χ0) is 15.5. The van der Waals surface area contributed by atoms with Gasteiger partial charge in [-0.15, -0.1) is 0 Å². The smallest absolute Gasteiger partial charge is 0.250 e. The fourth-order valence-electron chi connectivity index (χ4n) is 2.48. The standard InChI is InChI=1S/C16H22N2O3/c1-4-21-11-10-18-14(19)13(12-8-6-5-7-9-12)17-15(20)16(18,2)3/h5-9,13H,4,10-11H2,1-3H3,(H,17,20). The number of nitrogens with one attached hydrogen (secondary N) is 1. The first-order valence-electron chi connectivity index (χ1n) is 7.23. The molecule has 0 saturated carbocycles. The fourth-order valence-corrected chi connectivity index (χ4v) is 2.48. The molecule has 0 aliphatic carbocycles. The van der Waals surface area contributed by atoms with Gasteiger partial charge in [-0.05, 0) is 26.3 Å². The van der Waals surface area contributed by atoms with Crippen molar-refractivity contribution in [2.45, 2.75) is 32.4 Å². The number of hydrogen-bond acceptors (Lipinski definition) is 3. The maximum absolute atomic E-state index is 12.7. The van der Waals surface area contributed by atoms with Crippen LogP contribution in [0.4, 0.5) is 0 Å². The number of ether oxygens (including phenoxy) is 1. The second kappa shape index (κ2) is 6.26. The summed E-state index contributed by atoms with van der Waals surface area (Å²) in [5.74, 6) is -0.238. The maximum Gasteiger partial charge on any atom is 0.250 e. The van der Waals surface area contributed by atoms with E-state index in [2.05, 4.69) is 5.32 Å². The van der Waals surface area contributed by atoms with Crippen LogP contribution in [0.5, 0.6) is 0 Å². The van der Waals surface area contributed by atoms with Crippen LogP contribution >= 0.6 is 0 Å². The van der Waals surface area contributed by atoms with Crippen molar-refractivity contribution in [3.63, 3.8) is 0 Å². The molecule has 1 aromatic carbocycles. The monoisotopic (exact) mass is 290 g/mol. The molecule has 1 unspecified atom stereocenters. The third kappa shape index (κ3) is 3.08. The molecule has 0 aromatic heterocycles. The highest BCUT2D eigenvalue weighted by molar-refractivity contribution is 5.99. The summed E-state index contributed by atoms with van der Waals surface area (Å²) < 4.78 is 5.33. The third-order valence-electron chi connectivity index (χ3n) is 3.82. The number of nitrogens with zero attached hydrogens (tertiary/aromatic N) is 1. The Bertz CT molecular complexity index is 514. The second-order valence-corrected chi connectivity index (χ2v) is 5.56. The van der Waals surface area contributed by atoms with Crippen molar-refractivity contribution >= 4 is 11.8 Å². The number of piperazine rings is 1. The van der Waals surface area contributed by atoms with E-state index in [4.69, 9.17) is 4.74 Å². The van der Waals surface area contributed by atoms with Gasteiger partial charge < -0.3 is 15.0 Å². The highest BCUT2D eigenvalue weighted by atomic mass is 16.5. The van der Waals surface area contributed by atoms with E-state index in [1.54, 1.807) is 18.7 Å². The molecule has 1 aromatic rings. The van der Waals surface area contributed by atoms with Crippen LogP contribution < -0.4 is 5.32 Å². The van der Waals surface area contributed by atoms with Crippen molar-refractivity contribution in [3.8, 4) is 0 Å². The summed E-state index contributed by atoms with van der Waals surface area (Å²) in [7, 11) is 0. The Hall–Kier alpha value is -1.88. The molecule has 5 nitrogen and oxygen atoms in total. The average Bonchev–Trinajstić information content (AvgIpc) is 2.47. The highest BCUT2D eigenvalue weighted by Crippen LogP contribution is 2.27. The van der Waals surface area contributed by atoms with E-state index in [1.807, 2.05) is 37.3 Å². The van der Waals surface area contributed by atoms with Crippen LogP contribution in [0.1, 0.15) is 32.4 Å². The Labute approximate surface area is 125 Å². The predicted octanol–water partition coefficient (Wildman–Crippen LogP) is 1.50. The van der Waals surface area contributed by atoms with Crippen LogP contribution in [0.25, 0.3) is 0 Å². The largest absolute Gasteiger partial charge is 0.380 e. The molecule has 114 valence electrons. The maximum atomic E-state index is 12.7. The molecule has 21 heavy (non-hydrogen) atoms. The summed E-state index contributed by atoms with van der Waals surface area (Å²) in [6.07, 6.45) is 0. The summed E-state index contributed by atoms with van der Waals surface area (Å²) >= 11 is 0. The van der Waals surface area contributed by atoms with E-state index in [-0.39, 0.29) is 11.8 Å². The zero-order valence-corrected chi connectivity index (χ0v) is 12.8. The van der Waals surface area contributed by atoms with Crippen LogP contribution in [0.2, 0.25) is 0 Å². The summed E-state index contributed by atoms with van der Waals surface area (Å²) in [6, 6.07) is 8.69. The molecular formula is C16H22N2O3. The van der Waals surface area contributed by atoms with Gasteiger partial charge in [-0.3, -0.25) is 9.59 Å². The molecule has 2 amide bonds. The zero-order valence-electron chi connectivity index (χ0n) is 12.8. The van der Waals surface area contributed by atoms with Gasteiger partial charge in [-0.1, -0.05) is 30.3 Å². The van der Waals surface area contributed by atoms with Gasteiger partial charge in [0.05, 0.1) is 6.61 Å². The lowest BCUT2D eigenvalue weighted by Gasteiger charge is -2.44. The van der Waals surface area contributed by atoms with Crippen molar-refractivity contribution < 1.29 is 14.3 Å². The Morgan fingerprint density at radius 3 is 2.52 bits per heavy atom. The van der Waals surface area contributed by atoms with Crippen LogP contribution in [0, 0.1) is 0 Å². The molecular weight excluding hydrogens is 268 g/mol. The first kappa shape index (κ1) is 15.5. The number of carbonyl (C=O) groups is 2. The number of benzene rings is 1. The number of hydrogen-bond donors (Lipinski definition) is 1. The molecule has 0 radical (unpaired) electrons. The summed E-state index contributed by atoms with van der Waals surface area (Å²) in [4.78, 5) is 26.7. The van der Waals surface area contributed by atoms with Gasteiger partial charge in [-0.2, -0.15) is 0 Å². The van der Waals surface area contributed by atoms with Crippen LogP contribution in [0.15, 0.2) is 30.3 Å². The van der Waals surface area contributed by atoms with E-state index >= 15 is 0 Å². The van der Waals surface area contributed by atoms with Gasteiger partial charge in [0.1, 0.15) is 11.6 Å². The van der Waals surface area contributed by atoms with Crippen molar-refractivity contribution in [1.29, 1.82) is 0 Å². The van der Waals surface area contributed by atoms with E-state index in [1.165, 1.54) is 0 Å². The van der Waals surface area contributed by atoms with Crippen molar-refractivity contribution in [2.75, 3.05) is 19.8 Å². The predicted molar refractivity (Wildman–Crippen MR) is 79.6 cm³/mol. The third-order valence-corrected chi connectivity index (χ3v) is 3.82. The summed E-state index contributed by atoms with van der Waals surface area (Å²) in [5.41, 5.74) is -0.0628. The van der Waals surface area contributed by atoms with E-state index < -0.39 is 11.6 Å². The van der Waals surface area contributed by atoms with E-state index in [0.29, 0.717) is 19.8 Å². The molecule has 0 spiro atoms. The fraction of sp³-hybridized carbons (Fsp3) is 0.500. The molecule has 1 saturated heterocycles. The summed E-state index contributed by atoms with van der Waals surface area (Å²) in [5, 5.41) is 2.82. The second-order valence-electron chi connectivity index (χ2n) is 5.56. The molecule has 1 fully saturated rings. The molecule has 0 bridgehead atoms. The normalized spacial score (nSPS) is 21.3. The number of amides is 2. The van der Waals surface area contributed by atoms with Gasteiger partial charge >= 0.3 is 0 Å². The summed E-state index contributed by atoms with van der Waals surface area (Å²) in [6.45, 7) is 6.86. The lowest BCUT2D eigenvalue weighted by molar-refractivity contribution is -0.156. The molecule has 1 atom stereocenters. The Morgan fingerprint density at radius 2 is 1.90 bits per heavy atom. The molecule has 2 rings (SSSR count). The van der Waals surface area contributed by atoms with Gasteiger partial charge in [-0.25, -0.2) is 0 Å². The van der Waals surface area contributed by atoms with Crippen molar-refractivity contribution in [3.05, 3.63) is 35.9 Å². The minimum absolute atomic E-state index is 0.0921. The van der Waals surface area contributed by atoms with Gasteiger partial charge in [0.25, 0.3) is 5.91 Å². The minimum Gasteiger partial charge on any atom is -0.380 e. The van der Waals surface area contributed by atoms with Gasteiger partial charge in [0.2, 0.25) is 5.91 Å². The quantitative estimate of drug-likeness (QED) is 0.836. The lowest BCUT2D eigenvalue weighted by atomic mass is 9.93. The lowest BCUT2D eigenvalue weighted by Crippen LogP contribution is -2.65. The van der Waals surface area contributed by atoms with Crippen LogP contribution in [0.3, 0.4) is 0 Å². The average molecular weight is 290 g/mol. The highest BCUT2D eigenvalue weighted by Gasteiger charge is 2.46. The Kier molecular flexibility index (Phi) is 4.63. The molecule has 1 heterocycles. The van der Waals surface area contributed by atoms with Gasteiger partial charge in [0.15, 0.2) is 0 Å². The SMILES string of the molecule is CCOCCN1C(=O)C(c2ccccc2)NC(=O)C1(C)C. The van der Waals surface area contributed by atoms with Crippen molar-refractivity contribution in [2.24, 2.45) is 0 Å². The molecule has 1 aliphatic rings. The minimum atomic E-state index is -0.862. The van der Waals surface area contributed by atoms with Crippen molar-refractivity contribution in [1.82, 2.24) is 10.2 Å². The van der Waals surface area contributed by atoms with E-state index in [9.17, 15) is 9.59 Å². The van der Waals surface area contributed by atoms with Crippen LogP contribution in [-0.2, 0) is 14.3 Å². The molecule has 1 N–H and O–H groups in total. The number of rotatable bonds is 5. The molecule has 5 heteroatoms.